The molecule has 0 aromatic heterocycles. The van der Waals surface area contributed by atoms with E-state index >= 15 is 0 Å². The van der Waals surface area contributed by atoms with Crippen molar-refractivity contribution < 1.29 is 19.5 Å². The number of carbonyl (C=O) groups excluding carboxylic acids is 2. The molecule has 2 aliphatic rings. The first kappa shape index (κ1) is 14.8. The Labute approximate surface area is 118 Å². The molecular formula is C14H22N2O4. The van der Waals surface area contributed by atoms with Gasteiger partial charge < -0.3 is 15.3 Å². The summed E-state index contributed by atoms with van der Waals surface area (Å²) in [6, 6.07) is -0.151. The molecule has 6 nitrogen and oxygen atoms in total. The van der Waals surface area contributed by atoms with Gasteiger partial charge in [-0.25, -0.2) is 0 Å². The summed E-state index contributed by atoms with van der Waals surface area (Å²) >= 11 is 0. The summed E-state index contributed by atoms with van der Waals surface area (Å²) in [4.78, 5) is 37.0. The molecule has 3 unspecified atom stereocenters. The molecule has 2 N–H and O–H groups in total. The van der Waals surface area contributed by atoms with Gasteiger partial charge in [0.2, 0.25) is 11.8 Å². The van der Waals surface area contributed by atoms with Crippen LogP contribution < -0.4 is 5.32 Å². The van der Waals surface area contributed by atoms with Gasteiger partial charge in [0.25, 0.3) is 0 Å². The predicted octanol–water partition coefficient (Wildman–Crippen LogP) is 0.613. The summed E-state index contributed by atoms with van der Waals surface area (Å²) in [6.45, 7) is 3.69. The van der Waals surface area contributed by atoms with Gasteiger partial charge in [0.05, 0.1) is 5.92 Å². The summed E-state index contributed by atoms with van der Waals surface area (Å²) < 4.78 is 0. The Bertz CT molecular complexity index is 419. The Balaban J connectivity index is 1.99. The number of nitrogens with zero attached hydrogens (tertiary/aromatic N) is 1. The van der Waals surface area contributed by atoms with Crippen molar-refractivity contribution in [1.82, 2.24) is 10.2 Å². The SMILES string of the molecule is CC(C(=O)O)C(C)C(=O)N1CCCC1C(=O)NC1CC1. The standard InChI is InChI=1S/C14H22N2O4/c1-8(9(2)14(19)20)13(18)16-7-3-4-11(16)12(17)15-10-5-6-10/h8-11H,3-7H2,1-2H3,(H,15,17)(H,19,20). The second kappa shape index (κ2) is 5.81. The van der Waals surface area contributed by atoms with Crippen LogP contribution in [0.3, 0.4) is 0 Å². The molecule has 1 aliphatic heterocycles. The van der Waals surface area contributed by atoms with Crippen molar-refractivity contribution in [3.63, 3.8) is 0 Å². The summed E-state index contributed by atoms with van der Waals surface area (Å²) in [5, 5.41) is 11.9. The molecule has 112 valence electrons. The Morgan fingerprint density at radius 1 is 1.15 bits per heavy atom. The van der Waals surface area contributed by atoms with E-state index < -0.39 is 23.8 Å². The van der Waals surface area contributed by atoms with Crippen LogP contribution in [0.4, 0.5) is 0 Å². The van der Waals surface area contributed by atoms with Crippen LogP contribution in [0.1, 0.15) is 39.5 Å². The van der Waals surface area contributed by atoms with Crippen molar-refractivity contribution in [3.05, 3.63) is 0 Å². The molecule has 0 aromatic carbocycles. The van der Waals surface area contributed by atoms with Crippen LogP contribution in [-0.2, 0) is 14.4 Å². The van der Waals surface area contributed by atoms with Crippen molar-refractivity contribution in [2.75, 3.05) is 6.54 Å². The number of rotatable bonds is 5. The molecule has 6 heteroatoms. The molecule has 1 aliphatic carbocycles. The van der Waals surface area contributed by atoms with E-state index in [0.717, 1.165) is 19.3 Å². The smallest absolute Gasteiger partial charge is 0.307 e. The molecule has 1 saturated heterocycles. The second-order valence-electron chi connectivity index (χ2n) is 5.89. The van der Waals surface area contributed by atoms with Gasteiger partial charge in [0.15, 0.2) is 0 Å². The summed E-state index contributed by atoms with van der Waals surface area (Å²) in [5.74, 6) is -2.65. The third-order valence-electron chi connectivity index (χ3n) is 4.29. The maximum absolute atomic E-state index is 12.4. The monoisotopic (exact) mass is 282 g/mol. The Morgan fingerprint density at radius 3 is 2.35 bits per heavy atom. The van der Waals surface area contributed by atoms with Crippen LogP contribution in [-0.4, -0.2) is 46.4 Å². The lowest BCUT2D eigenvalue weighted by molar-refractivity contribution is -0.150. The minimum absolute atomic E-state index is 0.0893. The van der Waals surface area contributed by atoms with Crippen LogP contribution in [0.5, 0.6) is 0 Å². The van der Waals surface area contributed by atoms with Crippen molar-refractivity contribution in [3.8, 4) is 0 Å². The summed E-state index contributed by atoms with van der Waals surface area (Å²) in [6.07, 6.45) is 3.48. The highest BCUT2D eigenvalue weighted by atomic mass is 16.4. The highest BCUT2D eigenvalue weighted by Gasteiger charge is 2.39. The number of hydrogen-bond donors (Lipinski definition) is 2. The first-order valence-electron chi connectivity index (χ1n) is 7.25. The zero-order valence-corrected chi connectivity index (χ0v) is 12.0. The fourth-order valence-electron chi connectivity index (χ4n) is 2.52. The van der Waals surface area contributed by atoms with E-state index in [1.807, 2.05) is 0 Å². The van der Waals surface area contributed by atoms with Crippen LogP contribution in [0.25, 0.3) is 0 Å². The number of nitrogens with one attached hydrogen (secondary N) is 1. The zero-order chi connectivity index (χ0) is 14.9. The average molecular weight is 282 g/mol. The van der Waals surface area contributed by atoms with Gasteiger partial charge in [0.1, 0.15) is 6.04 Å². The maximum atomic E-state index is 12.4. The number of likely N-dealkylation sites (tertiary alicyclic amines) is 1. The molecule has 0 spiro atoms. The topological polar surface area (TPSA) is 86.7 Å². The van der Waals surface area contributed by atoms with Crippen LogP contribution >= 0.6 is 0 Å². The lowest BCUT2D eigenvalue weighted by Gasteiger charge is -2.28. The minimum atomic E-state index is -0.982. The number of carboxylic acids is 1. The number of aliphatic carboxylic acids is 1. The molecule has 2 amide bonds. The molecule has 20 heavy (non-hydrogen) atoms. The van der Waals surface area contributed by atoms with Crippen molar-refractivity contribution in [1.29, 1.82) is 0 Å². The van der Waals surface area contributed by atoms with E-state index in [4.69, 9.17) is 5.11 Å². The van der Waals surface area contributed by atoms with E-state index in [9.17, 15) is 14.4 Å². The van der Waals surface area contributed by atoms with Crippen LogP contribution in [0.15, 0.2) is 0 Å². The third-order valence-corrected chi connectivity index (χ3v) is 4.29. The first-order valence-corrected chi connectivity index (χ1v) is 7.25. The molecule has 1 saturated carbocycles. The van der Waals surface area contributed by atoms with Crippen molar-refractivity contribution in [2.45, 2.75) is 51.6 Å². The van der Waals surface area contributed by atoms with Crippen LogP contribution in [0, 0.1) is 11.8 Å². The average Bonchev–Trinajstić information content (AvgIpc) is 3.08. The van der Waals surface area contributed by atoms with Crippen molar-refractivity contribution >= 4 is 17.8 Å². The van der Waals surface area contributed by atoms with E-state index in [0.29, 0.717) is 13.0 Å². The molecule has 1 heterocycles. The predicted molar refractivity (Wildman–Crippen MR) is 71.9 cm³/mol. The summed E-state index contributed by atoms with van der Waals surface area (Å²) in [7, 11) is 0. The Hall–Kier alpha value is -1.59. The van der Waals surface area contributed by atoms with Gasteiger partial charge in [0, 0.05) is 18.5 Å². The van der Waals surface area contributed by atoms with Gasteiger partial charge in [-0.3, -0.25) is 14.4 Å². The molecule has 0 radical (unpaired) electrons. The highest BCUT2D eigenvalue weighted by Crippen LogP contribution is 2.25. The van der Waals surface area contributed by atoms with E-state index in [-0.39, 0.29) is 17.9 Å². The molecule has 0 aromatic rings. The lowest BCUT2D eigenvalue weighted by Crippen LogP contribution is -2.49. The normalized spacial score (nSPS) is 25.1. The first-order chi connectivity index (χ1) is 9.41. The number of carboxylic acid groups (broad SMARTS) is 1. The molecule has 2 rings (SSSR count). The third kappa shape index (κ3) is 3.11. The maximum Gasteiger partial charge on any atom is 0.307 e. The lowest BCUT2D eigenvalue weighted by atomic mass is 9.94. The van der Waals surface area contributed by atoms with Crippen molar-refractivity contribution in [2.24, 2.45) is 11.8 Å². The van der Waals surface area contributed by atoms with Gasteiger partial charge in [-0.2, -0.15) is 0 Å². The highest BCUT2D eigenvalue weighted by molar-refractivity contribution is 5.91. The molecule has 0 bridgehead atoms. The molecular weight excluding hydrogens is 260 g/mol. The number of carbonyl (C=O) groups is 3. The van der Waals surface area contributed by atoms with E-state index in [1.54, 1.807) is 11.8 Å². The van der Waals surface area contributed by atoms with Gasteiger partial charge >= 0.3 is 5.97 Å². The van der Waals surface area contributed by atoms with Gasteiger partial charge in [-0.05, 0) is 25.7 Å². The van der Waals surface area contributed by atoms with Gasteiger partial charge in [-0.15, -0.1) is 0 Å². The van der Waals surface area contributed by atoms with Gasteiger partial charge in [-0.1, -0.05) is 13.8 Å². The second-order valence-corrected chi connectivity index (χ2v) is 5.89. The number of hydrogen-bond acceptors (Lipinski definition) is 3. The zero-order valence-electron chi connectivity index (χ0n) is 12.0. The quantitative estimate of drug-likeness (QED) is 0.773. The number of amides is 2. The molecule has 3 atom stereocenters. The fraction of sp³-hybridized carbons (Fsp3) is 0.786. The van der Waals surface area contributed by atoms with E-state index in [2.05, 4.69) is 5.32 Å². The minimum Gasteiger partial charge on any atom is -0.481 e. The Morgan fingerprint density at radius 2 is 1.80 bits per heavy atom. The Kier molecular flexibility index (Phi) is 4.30. The van der Waals surface area contributed by atoms with Crippen LogP contribution in [0.2, 0.25) is 0 Å². The molecule has 2 fully saturated rings. The van der Waals surface area contributed by atoms with E-state index in [1.165, 1.54) is 6.92 Å². The largest absolute Gasteiger partial charge is 0.481 e. The summed E-state index contributed by atoms with van der Waals surface area (Å²) in [5.41, 5.74) is 0. The fourth-order valence-corrected chi connectivity index (χ4v) is 2.52.